The predicted octanol–water partition coefficient (Wildman–Crippen LogP) is 2.64. The Hall–Kier alpha value is -1.33. The standard InChI is InChI=1S/C15H20N4S/c1-15(8-5-9-20-15)11-16-10-14-18-17-12-19(14)13-6-3-2-4-7-13/h2-4,6-7,12,16H,5,8-11H2,1H3. The van der Waals surface area contributed by atoms with Crippen molar-refractivity contribution in [3.8, 4) is 5.69 Å². The Bertz CT molecular complexity index is 546. The highest BCUT2D eigenvalue weighted by Crippen LogP contribution is 2.36. The van der Waals surface area contributed by atoms with E-state index in [0.717, 1.165) is 24.6 Å². The lowest BCUT2D eigenvalue weighted by molar-refractivity contribution is 0.527. The topological polar surface area (TPSA) is 42.7 Å². The van der Waals surface area contributed by atoms with Gasteiger partial charge in [0, 0.05) is 17.0 Å². The Morgan fingerprint density at radius 3 is 2.95 bits per heavy atom. The van der Waals surface area contributed by atoms with E-state index < -0.39 is 0 Å². The summed E-state index contributed by atoms with van der Waals surface area (Å²) in [4.78, 5) is 0. The van der Waals surface area contributed by atoms with Crippen LogP contribution in [0.2, 0.25) is 0 Å². The van der Waals surface area contributed by atoms with E-state index in [1.54, 1.807) is 6.33 Å². The van der Waals surface area contributed by atoms with Crippen LogP contribution in [0.1, 0.15) is 25.6 Å². The van der Waals surface area contributed by atoms with E-state index in [0.29, 0.717) is 4.75 Å². The highest BCUT2D eigenvalue weighted by Gasteiger charge is 2.28. The van der Waals surface area contributed by atoms with Gasteiger partial charge in [-0.25, -0.2) is 0 Å². The third kappa shape index (κ3) is 3.04. The number of hydrogen-bond acceptors (Lipinski definition) is 4. The van der Waals surface area contributed by atoms with Crippen LogP contribution >= 0.6 is 11.8 Å². The molecule has 106 valence electrons. The number of hydrogen-bond donors (Lipinski definition) is 1. The van der Waals surface area contributed by atoms with Crippen LogP contribution in [0.25, 0.3) is 5.69 Å². The third-order valence-electron chi connectivity index (χ3n) is 3.74. The fraction of sp³-hybridized carbons (Fsp3) is 0.467. The van der Waals surface area contributed by atoms with Gasteiger partial charge in [-0.1, -0.05) is 18.2 Å². The molecule has 3 rings (SSSR count). The van der Waals surface area contributed by atoms with Gasteiger partial charge in [-0.3, -0.25) is 4.57 Å². The van der Waals surface area contributed by atoms with Crippen molar-refractivity contribution in [3.05, 3.63) is 42.5 Å². The van der Waals surface area contributed by atoms with Gasteiger partial charge in [-0.05, 0) is 37.7 Å². The molecule has 0 spiro atoms. The van der Waals surface area contributed by atoms with Crippen LogP contribution in [0.3, 0.4) is 0 Å². The minimum absolute atomic E-state index is 0.387. The van der Waals surface area contributed by atoms with Crippen LogP contribution < -0.4 is 5.32 Å². The second kappa shape index (κ2) is 5.97. The smallest absolute Gasteiger partial charge is 0.151 e. The quantitative estimate of drug-likeness (QED) is 0.918. The number of thioether (sulfide) groups is 1. The minimum Gasteiger partial charge on any atom is -0.308 e. The highest BCUT2D eigenvalue weighted by molar-refractivity contribution is 8.00. The van der Waals surface area contributed by atoms with Crippen LogP contribution in [0.15, 0.2) is 36.7 Å². The molecule has 1 aromatic heterocycles. The summed E-state index contributed by atoms with van der Waals surface area (Å²) in [6.07, 6.45) is 4.41. The minimum atomic E-state index is 0.387. The summed E-state index contributed by atoms with van der Waals surface area (Å²) in [5.41, 5.74) is 1.11. The van der Waals surface area contributed by atoms with Crippen molar-refractivity contribution in [2.45, 2.75) is 31.1 Å². The van der Waals surface area contributed by atoms with Gasteiger partial charge in [-0.2, -0.15) is 11.8 Å². The Morgan fingerprint density at radius 2 is 2.20 bits per heavy atom. The molecule has 20 heavy (non-hydrogen) atoms. The number of nitrogens with zero attached hydrogens (tertiary/aromatic N) is 3. The fourth-order valence-corrected chi connectivity index (χ4v) is 3.87. The molecule has 0 bridgehead atoms. The van der Waals surface area contributed by atoms with Gasteiger partial charge in [0.15, 0.2) is 5.82 Å². The largest absolute Gasteiger partial charge is 0.308 e. The van der Waals surface area contributed by atoms with E-state index in [1.807, 2.05) is 22.8 Å². The lowest BCUT2D eigenvalue weighted by atomic mass is 10.1. The molecule has 1 aliphatic rings. The van der Waals surface area contributed by atoms with Gasteiger partial charge >= 0.3 is 0 Å². The SMILES string of the molecule is CC1(CNCc2nncn2-c2ccccc2)CCCS1. The molecule has 2 heterocycles. The van der Waals surface area contributed by atoms with Crippen molar-refractivity contribution in [3.63, 3.8) is 0 Å². The molecule has 0 aliphatic carbocycles. The van der Waals surface area contributed by atoms with Crippen LogP contribution in [0.4, 0.5) is 0 Å². The number of nitrogens with one attached hydrogen (secondary N) is 1. The van der Waals surface area contributed by atoms with Crippen LogP contribution in [-0.2, 0) is 6.54 Å². The molecule has 1 aromatic carbocycles. The van der Waals surface area contributed by atoms with Crippen LogP contribution in [0, 0.1) is 0 Å². The maximum absolute atomic E-state index is 4.22. The lowest BCUT2D eigenvalue weighted by Crippen LogP contribution is -2.33. The number of benzene rings is 1. The zero-order chi connectivity index (χ0) is 13.8. The molecule has 0 amide bonds. The molecule has 1 N–H and O–H groups in total. The average molecular weight is 288 g/mol. The zero-order valence-corrected chi connectivity index (χ0v) is 12.6. The second-order valence-corrected chi connectivity index (χ2v) is 7.14. The van der Waals surface area contributed by atoms with E-state index in [4.69, 9.17) is 0 Å². The van der Waals surface area contributed by atoms with Crippen LogP contribution in [-0.4, -0.2) is 31.8 Å². The Labute approximate surface area is 124 Å². The van der Waals surface area contributed by atoms with Gasteiger partial charge in [0.2, 0.25) is 0 Å². The van der Waals surface area contributed by atoms with Gasteiger partial charge in [-0.15, -0.1) is 10.2 Å². The molecule has 0 saturated carbocycles. The lowest BCUT2D eigenvalue weighted by Gasteiger charge is -2.22. The first kappa shape index (κ1) is 13.6. The molecule has 4 nitrogen and oxygen atoms in total. The Morgan fingerprint density at radius 1 is 1.35 bits per heavy atom. The van der Waals surface area contributed by atoms with Crippen LogP contribution in [0.5, 0.6) is 0 Å². The normalized spacial score (nSPS) is 22.2. The molecule has 2 aromatic rings. The molecule has 1 unspecified atom stereocenters. The van der Waals surface area contributed by atoms with Gasteiger partial charge in [0.05, 0.1) is 6.54 Å². The van der Waals surface area contributed by atoms with Gasteiger partial charge in [0.25, 0.3) is 0 Å². The maximum atomic E-state index is 4.22. The summed E-state index contributed by atoms with van der Waals surface area (Å²) >= 11 is 2.08. The van der Waals surface area contributed by atoms with Crippen molar-refractivity contribution in [1.82, 2.24) is 20.1 Å². The summed E-state index contributed by atoms with van der Waals surface area (Å²) in [6, 6.07) is 10.2. The van der Waals surface area contributed by atoms with E-state index >= 15 is 0 Å². The molecular formula is C15H20N4S. The number of rotatable bonds is 5. The van der Waals surface area contributed by atoms with Gasteiger partial charge in [0.1, 0.15) is 6.33 Å². The molecule has 1 saturated heterocycles. The summed E-state index contributed by atoms with van der Waals surface area (Å²) in [5, 5.41) is 11.8. The zero-order valence-electron chi connectivity index (χ0n) is 11.7. The highest BCUT2D eigenvalue weighted by atomic mass is 32.2. The summed E-state index contributed by atoms with van der Waals surface area (Å²) in [6.45, 7) is 4.13. The van der Waals surface area contributed by atoms with E-state index in [1.165, 1.54) is 18.6 Å². The molecule has 1 atom stereocenters. The first-order valence-electron chi connectivity index (χ1n) is 7.06. The van der Waals surface area contributed by atoms with E-state index in [2.05, 4.69) is 46.3 Å². The molecule has 1 fully saturated rings. The average Bonchev–Trinajstić information content (AvgIpc) is 3.10. The monoisotopic (exact) mass is 288 g/mol. The maximum Gasteiger partial charge on any atom is 0.151 e. The van der Waals surface area contributed by atoms with E-state index in [9.17, 15) is 0 Å². The van der Waals surface area contributed by atoms with Crippen molar-refractivity contribution in [1.29, 1.82) is 0 Å². The molecule has 5 heteroatoms. The number of aromatic nitrogens is 3. The van der Waals surface area contributed by atoms with Gasteiger partial charge < -0.3 is 5.32 Å². The summed E-state index contributed by atoms with van der Waals surface area (Å²) in [7, 11) is 0. The first-order chi connectivity index (χ1) is 9.77. The van der Waals surface area contributed by atoms with Crippen molar-refractivity contribution in [2.24, 2.45) is 0 Å². The Balaban J connectivity index is 1.63. The summed E-state index contributed by atoms with van der Waals surface area (Å²) in [5.74, 6) is 2.25. The third-order valence-corrected chi connectivity index (χ3v) is 5.27. The second-order valence-electron chi connectivity index (χ2n) is 5.46. The first-order valence-corrected chi connectivity index (χ1v) is 8.04. The van der Waals surface area contributed by atoms with Crippen molar-refractivity contribution < 1.29 is 0 Å². The van der Waals surface area contributed by atoms with E-state index in [-0.39, 0.29) is 0 Å². The van der Waals surface area contributed by atoms with Crippen molar-refractivity contribution in [2.75, 3.05) is 12.3 Å². The van der Waals surface area contributed by atoms with Crippen molar-refractivity contribution >= 4 is 11.8 Å². The molecular weight excluding hydrogens is 268 g/mol. The fourth-order valence-electron chi connectivity index (χ4n) is 2.60. The predicted molar refractivity (Wildman–Crippen MR) is 83.2 cm³/mol. The molecule has 0 radical (unpaired) electrons. The summed E-state index contributed by atoms with van der Waals surface area (Å²) < 4.78 is 2.43. The molecule has 1 aliphatic heterocycles. The number of para-hydroxylation sites is 1. The Kier molecular flexibility index (Phi) is 4.08.